The summed E-state index contributed by atoms with van der Waals surface area (Å²) in [4.78, 5) is 15.0. The van der Waals surface area contributed by atoms with Crippen molar-refractivity contribution in [1.82, 2.24) is 9.47 Å². The molecule has 0 N–H and O–H groups in total. The molecular formula is C24H27ClN2O. The molecule has 0 radical (unpaired) electrons. The Labute approximate surface area is 172 Å². The van der Waals surface area contributed by atoms with Gasteiger partial charge in [-0.1, -0.05) is 49.2 Å². The Bertz CT molecular complexity index is 914. The Balaban J connectivity index is 1.80. The summed E-state index contributed by atoms with van der Waals surface area (Å²) in [7, 11) is 0. The molecule has 3 nitrogen and oxygen atoms in total. The van der Waals surface area contributed by atoms with Crippen molar-refractivity contribution >= 4 is 17.5 Å². The summed E-state index contributed by atoms with van der Waals surface area (Å²) in [6.07, 6.45) is 4.12. The van der Waals surface area contributed by atoms with Crippen molar-refractivity contribution < 1.29 is 4.79 Å². The predicted molar refractivity (Wildman–Crippen MR) is 116 cm³/mol. The van der Waals surface area contributed by atoms with Crippen LogP contribution in [0.4, 0.5) is 0 Å². The first-order chi connectivity index (χ1) is 13.6. The second-order valence-electron chi connectivity index (χ2n) is 7.14. The summed E-state index contributed by atoms with van der Waals surface area (Å²) in [6, 6.07) is 19.7. The molecule has 146 valence electrons. The lowest BCUT2D eigenvalue weighted by atomic mass is 10.1. The van der Waals surface area contributed by atoms with Crippen LogP contribution in [-0.4, -0.2) is 21.9 Å². The highest BCUT2D eigenvalue weighted by atomic mass is 35.5. The third-order valence-electron chi connectivity index (χ3n) is 5.04. The maximum Gasteiger partial charge on any atom is 0.254 e. The molecule has 1 heterocycles. The number of benzene rings is 2. The van der Waals surface area contributed by atoms with Gasteiger partial charge in [-0.15, -0.1) is 0 Å². The van der Waals surface area contributed by atoms with Crippen LogP contribution >= 0.6 is 11.6 Å². The van der Waals surface area contributed by atoms with E-state index in [-0.39, 0.29) is 5.91 Å². The molecular weight excluding hydrogens is 368 g/mol. The lowest BCUT2D eigenvalue weighted by Gasteiger charge is -2.24. The first-order valence-electron chi connectivity index (χ1n) is 9.82. The molecule has 0 saturated heterocycles. The fraction of sp³-hybridized carbons (Fsp3) is 0.292. The number of unbranched alkanes of at least 4 members (excludes halogenated alkanes) is 1. The van der Waals surface area contributed by atoms with Gasteiger partial charge in [0.15, 0.2) is 0 Å². The number of carbonyl (C=O) groups is 1. The normalized spacial score (nSPS) is 10.8. The van der Waals surface area contributed by atoms with Crippen molar-refractivity contribution in [1.29, 1.82) is 0 Å². The number of nitrogens with zero attached hydrogens (tertiary/aromatic N) is 2. The summed E-state index contributed by atoms with van der Waals surface area (Å²) >= 11 is 5.98. The monoisotopic (exact) mass is 394 g/mol. The molecule has 0 spiro atoms. The van der Waals surface area contributed by atoms with Gasteiger partial charge in [-0.2, -0.15) is 0 Å². The van der Waals surface area contributed by atoms with E-state index in [1.807, 2.05) is 4.90 Å². The second kappa shape index (κ2) is 9.61. The first-order valence-corrected chi connectivity index (χ1v) is 10.2. The topological polar surface area (TPSA) is 25.2 Å². The van der Waals surface area contributed by atoms with E-state index < -0.39 is 0 Å². The fourth-order valence-electron chi connectivity index (χ4n) is 3.29. The van der Waals surface area contributed by atoms with Crippen molar-refractivity contribution in [2.75, 3.05) is 6.54 Å². The molecule has 0 saturated carbocycles. The van der Waals surface area contributed by atoms with Gasteiger partial charge in [-0.05, 0) is 60.9 Å². The second-order valence-corrected chi connectivity index (χ2v) is 7.58. The van der Waals surface area contributed by atoms with Crippen molar-refractivity contribution in [2.24, 2.45) is 0 Å². The Morgan fingerprint density at radius 3 is 2.50 bits per heavy atom. The molecule has 3 rings (SSSR count). The third-order valence-corrected chi connectivity index (χ3v) is 5.29. The molecule has 4 heteroatoms. The van der Waals surface area contributed by atoms with E-state index in [1.54, 1.807) is 24.3 Å². The zero-order valence-corrected chi connectivity index (χ0v) is 17.3. The van der Waals surface area contributed by atoms with Crippen LogP contribution in [0.15, 0.2) is 66.9 Å². The summed E-state index contributed by atoms with van der Waals surface area (Å²) in [5, 5.41) is 0.642. The molecule has 0 aliphatic rings. The number of hydrogen-bond acceptors (Lipinski definition) is 1. The Kier molecular flexibility index (Phi) is 6.94. The van der Waals surface area contributed by atoms with Gasteiger partial charge in [0.2, 0.25) is 0 Å². The van der Waals surface area contributed by atoms with Gasteiger partial charge in [0.25, 0.3) is 5.91 Å². The quantitative estimate of drug-likeness (QED) is 0.464. The Morgan fingerprint density at radius 2 is 1.79 bits per heavy atom. The van der Waals surface area contributed by atoms with Crippen molar-refractivity contribution in [3.05, 3.63) is 94.3 Å². The van der Waals surface area contributed by atoms with Gasteiger partial charge >= 0.3 is 0 Å². The molecule has 0 fully saturated rings. The lowest BCUT2D eigenvalue weighted by molar-refractivity contribution is 0.0737. The van der Waals surface area contributed by atoms with Crippen LogP contribution in [0.2, 0.25) is 5.02 Å². The minimum atomic E-state index is 0.0498. The van der Waals surface area contributed by atoms with E-state index in [0.29, 0.717) is 17.1 Å². The smallest absolute Gasteiger partial charge is 0.254 e. The SMILES string of the molecule is CCCCN(Cc1cccn1Cc1ccccc1C)C(=O)c1ccc(Cl)cc1. The molecule has 28 heavy (non-hydrogen) atoms. The molecule has 0 atom stereocenters. The Morgan fingerprint density at radius 1 is 1.04 bits per heavy atom. The molecule has 1 aromatic heterocycles. The average molecular weight is 395 g/mol. The molecule has 2 aromatic carbocycles. The van der Waals surface area contributed by atoms with Crippen molar-refractivity contribution in [3.63, 3.8) is 0 Å². The minimum absolute atomic E-state index is 0.0498. The molecule has 0 aliphatic heterocycles. The standard InChI is InChI=1S/C24H27ClN2O/c1-3-4-15-27(24(28)20-11-13-22(25)14-12-20)18-23-10-7-16-26(23)17-21-9-6-5-8-19(21)2/h5-14,16H,3-4,15,17-18H2,1-2H3. The first kappa shape index (κ1) is 20.2. The van der Waals surface area contributed by atoms with E-state index in [2.05, 4.69) is 61.0 Å². The number of hydrogen-bond donors (Lipinski definition) is 0. The number of amides is 1. The van der Waals surface area contributed by atoms with Gasteiger partial charge in [-0.25, -0.2) is 0 Å². The molecule has 0 aliphatic carbocycles. The maximum absolute atomic E-state index is 13.1. The van der Waals surface area contributed by atoms with E-state index >= 15 is 0 Å². The number of aromatic nitrogens is 1. The van der Waals surface area contributed by atoms with Gasteiger partial charge < -0.3 is 9.47 Å². The largest absolute Gasteiger partial charge is 0.345 e. The number of halogens is 1. The third kappa shape index (κ3) is 5.05. The van der Waals surface area contributed by atoms with Crippen LogP contribution in [0.1, 0.15) is 46.9 Å². The molecule has 0 bridgehead atoms. The van der Waals surface area contributed by atoms with Crippen LogP contribution < -0.4 is 0 Å². The van der Waals surface area contributed by atoms with Gasteiger partial charge in [-0.3, -0.25) is 4.79 Å². The van der Waals surface area contributed by atoms with Gasteiger partial charge in [0.1, 0.15) is 0 Å². The predicted octanol–water partition coefficient (Wildman–Crippen LogP) is 5.94. The summed E-state index contributed by atoms with van der Waals surface area (Å²) in [5.41, 5.74) is 4.39. The maximum atomic E-state index is 13.1. The number of carbonyl (C=O) groups excluding carboxylic acids is 1. The van der Waals surface area contributed by atoms with Gasteiger partial charge in [0.05, 0.1) is 6.54 Å². The van der Waals surface area contributed by atoms with Crippen LogP contribution in [0, 0.1) is 6.92 Å². The Hall–Kier alpha value is -2.52. The summed E-state index contributed by atoms with van der Waals surface area (Å²) < 4.78 is 2.23. The molecule has 0 unspecified atom stereocenters. The summed E-state index contributed by atoms with van der Waals surface area (Å²) in [5.74, 6) is 0.0498. The summed E-state index contributed by atoms with van der Waals surface area (Å²) in [6.45, 7) is 6.43. The highest BCUT2D eigenvalue weighted by Gasteiger charge is 2.17. The highest BCUT2D eigenvalue weighted by molar-refractivity contribution is 6.30. The van der Waals surface area contributed by atoms with Crippen LogP contribution in [0.25, 0.3) is 0 Å². The minimum Gasteiger partial charge on any atom is -0.345 e. The van der Waals surface area contributed by atoms with Gasteiger partial charge in [0, 0.05) is 35.6 Å². The number of rotatable bonds is 8. The number of aryl methyl sites for hydroxylation is 1. The average Bonchev–Trinajstić information content (AvgIpc) is 3.13. The van der Waals surface area contributed by atoms with Crippen LogP contribution in [-0.2, 0) is 13.1 Å². The van der Waals surface area contributed by atoms with Crippen molar-refractivity contribution in [2.45, 2.75) is 39.8 Å². The van der Waals surface area contributed by atoms with Crippen molar-refractivity contribution in [3.8, 4) is 0 Å². The van der Waals surface area contributed by atoms with E-state index in [1.165, 1.54) is 11.1 Å². The molecule has 1 amide bonds. The fourth-order valence-corrected chi connectivity index (χ4v) is 3.42. The van der Waals surface area contributed by atoms with Crippen LogP contribution in [0.5, 0.6) is 0 Å². The van der Waals surface area contributed by atoms with Crippen LogP contribution in [0.3, 0.4) is 0 Å². The van der Waals surface area contributed by atoms with E-state index in [9.17, 15) is 4.79 Å². The zero-order valence-electron chi connectivity index (χ0n) is 16.6. The lowest BCUT2D eigenvalue weighted by Crippen LogP contribution is -2.32. The molecule has 3 aromatic rings. The highest BCUT2D eigenvalue weighted by Crippen LogP contribution is 2.17. The van der Waals surface area contributed by atoms with E-state index in [4.69, 9.17) is 11.6 Å². The zero-order chi connectivity index (χ0) is 19.9. The van der Waals surface area contributed by atoms with E-state index in [0.717, 1.165) is 31.6 Å².